The number of halogens is 1. The van der Waals surface area contributed by atoms with Crippen molar-refractivity contribution in [1.29, 1.82) is 0 Å². The maximum atomic E-state index is 13.3. The Hall–Kier alpha value is -3.10. The molecule has 0 aliphatic carbocycles. The molecule has 2 fully saturated rings. The number of rotatable bonds is 4. The topological polar surface area (TPSA) is 76.9 Å². The number of hydrogen-bond acceptors (Lipinski definition) is 6. The van der Waals surface area contributed by atoms with Crippen LogP contribution in [0.5, 0.6) is 5.75 Å². The minimum atomic E-state index is -0.690. The van der Waals surface area contributed by atoms with Gasteiger partial charge in [-0.2, -0.15) is 0 Å². The van der Waals surface area contributed by atoms with Gasteiger partial charge >= 0.3 is 6.09 Å². The Balaban J connectivity index is 1.52. The second-order valence-corrected chi connectivity index (χ2v) is 7.44. The van der Waals surface area contributed by atoms with Crippen molar-refractivity contribution in [3.63, 3.8) is 0 Å². The van der Waals surface area contributed by atoms with E-state index in [2.05, 4.69) is 9.88 Å². The molecule has 1 amide bonds. The molecule has 3 aliphatic rings. The predicted octanol–water partition coefficient (Wildman–Crippen LogP) is 2.40. The Kier molecular flexibility index (Phi) is 4.37. The highest BCUT2D eigenvalue weighted by Gasteiger charge is 2.37. The second-order valence-electron chi connectivity index (χ2n) is 7.44. The van der Waals surface area contributed by atoms with Crippen LogP contribution in [0.4, 0.5) is 20.7 Å². The number of amides is 1. The number of aromatic nitrogens is 2. The number of fused-ring (bicyclic) bond motifs is 3. The quantitative estimate of drug-likeness (QED) is 0.734. The lowest BCUT2D eigenvalue weighted by atomic mass is 10.1. The number of carbonyl (C=O) groups excluding carboxylic acids is 2. The highest BCUT2D eigenvalue weighted by Crippen LogP contribution is 2.38. The average Bonchev–Trinajstić information content (AvgIpc) is 3.43. The normalized spacial score (nSPS) is 23.3. The van der Waals surface area contributed by atoms with Crippen molar-refractivity contribution in [2.75, 3.05) is 36.2 Å². The number of carbonyl (C=O) groups is 2. The first-order chi connectivity index (χ1) is 14.2. The minimum absolute atomic E-state index is 0.0221. The number of hydrogen-bond donors (Lipinski definition) is 0. The SMILES string of the molecule is O=C[C@@H]1CCCN1c1ccc2c(c1)OCCn1cc(N3C(=O)OC[C@H]3CF)nc1-2. The lowest BCUT2D eigenvalue weighted by Crippen LogP contribution is -2.35. The molecule has 4 heterocycles. The number of aldehydes is 1. The Morgan fingerprint density at radius 1 is 1.28 bits per heavy atom. The summed E-state index contributed by atoms with van der Waals surface area (Å²) in [5.74, 6) is 1.72. The number of benzene rings is 1. The van der Waals surface area contributed by atoms with Crippen molar-refractivity contribution in [2.45, 2.75) is 31.5 Å². The van der Waals surface area contributed by atoms with Crippen LogP contribution in [0.25, 0.3) is 11.4 Å². The Labute approximate surface area is 166 Å². The van der Waals surface area contributed by atoms with Gasteiger partial charge in [-0.1, -0.05) is 0 Å². The lowest BCUT2D eigenvalue weighted by molar-refractivity contribution is -0.108. The minimum Gasteiger partial charge on any atom is -0.491 e. The standard InChI is InChI=1S/C20H21FN4O4/c21-9-15-12-29-20(27)25(15)18-10-23-6-7-28-17-8-13(3-4-16(17)19(23)22-18)24-5-1-2-14(24)11-26/h3-4,8,10-11,14-15H,1-2,5-7,9,12H2/t14-,15+/m0/s1. The van der Waals surface area contributed by atoms with Gasteiger partial charge in [0.05, 0.1) is 18.2 Å². The van der Waals surface area contributed by atoms with E-state index in [1.807, 2.05) is 22.8 Å². The number of alkyl halides is 1. The maximum absolute atomic E-state index is 13.3. The fraction of sp³-hybridized carbons (Fsp3) is 0.450. The highest BCUT2D eigenvalue weighted by atomic mass is 19.1. The van der Waals surface area contributed by atoms with Gasteiger partial charge in [0, 0.05) is 24.5 Å². The molecule has 2 saturated heterocycles. The Bertz CT molecular complexity index is 962. The van der Waals surface area contributed by atoms with Gasteiger partial charge < -0.3 is 23.7 Å². The third kappa shape index (κ3) is 2.92. The van der Waals surface area contributed by atoms with Crippen molar-refractivity contribution in [2.24, 2.45) is 0 Å². The van der Waals surface area contributed by atoms with Crippen LogP contribution in [-0.4, -0.2) is 60.4 Å². The van der Waals surface area contributed by atoms with Crippen LogP contribution in [0.2, 0.25) is 0 Å². The molecule has 0 bridgehead atoms. The van der Waals surface area contributed by atoms with Crippen LogP contribution in [0, 0.1) is 0 Å². The van der Waals surface area contributed by atoms with Crippen LogP contribution in [0.3, 0.4) is 0 Å². The van der Waals surface area contributed by atoms with Crippen molar-refractivity contribution in [3.8, 4) is 17.1 Å². The molecule has 2 atom stereocenters. The molecule has 8 nitrogen and oxygen atoms in total. The maximum Gasteiger partial charge on any atom is 0.416 e. The molecule has 9 heteroatoms. The van der Waals surface area contributed by atoms with E-state index in [-0.39, 0.29) is 12.6 Å². The van der Waals surface area contributed by atoms with Gasteiger partial charge in [-0.15, -0.1) is 0 Å². The van der Waals surface area contributed by atoms with Gasteiger partial charge in [0.15, 0.2) is 5.82 Å². The third-order valence-electron chi connectivity index (χ3n) is 5.73. The number of ether oxygens (including phenoxy) is 2. The van der Waals surface area contributed by atoms with Crippen LogP contribution < -0.4 is 14.5 Å². The number of nitrogens with zero attached hydrogens (tertiary/aromatic N) is 4. The second kappa shape index (κ2) is 7.06. The largest absolute Gasteiger partial charge is 0.491 e. The molecule has 0 radical (unpaired) electrons. The van der Waals surface area contributed by atoms with E-state index in [4.69, 9.17) is 9.47 Å². The number of imidazole rings is 1. The zero-order valence-corrected chi connectivity index (χ0v) is 15.8. The van der Waals surface area contributed by atoms with Gasteiger partial charge in [-0.25, -0.2) is 14.2 Å². The molecule has 3 aliphatic heterocycles. The first-order valence-corrected chi connectivity index (χ1v) is 9.78. The summed E-state index contributed by atoms with van der Waals surface area (Å²) in [5.41, 5.74) is 1.74. The molecule has 152 valence electrons. The third-order valence-corrected chi connectivity index (χ3v) is 5.73. The Morgan fingerprint density at radius 2 is 2.17 bits per heavy atom. The first kappa shape index (κ1) is 18.0. The number of cyclic esters (lactones) is 1. The van der Waals surface area contributed by atoms with Crippen LogP contribution in [-0.2, 0) is 16.1 Å². The van der Waals surface area contributed by atoms with Crippen molar-refractivity contribution < 1.29 is 23.5 Å². The van der Waals surface area contributed by atoms with Gasteiger partial charge in [0.1, 0.15) is 43.8 Å². The summed E-state index contributed by atoms with van der Waals surface area (Å²) in [7, 11) is 0. The van der Waals surface area contributed by atoms with E-state index < -0.39 is 18.8 Å². The van der Waals surface area contributed by atoms with E-state index in [1.54, 1.807) is 6.20 Å². The Morgan fingerprint density at radius 3 is 3.00 bits per heavy atom. The summed E-state index contributed by atoms with van der Waals surface area (Å²) >= 11 is 0. The van der Waals surface area contributed by atoms with Crippen molar-refractivity contribution >= 4 is 23.9 Å². The highest BCUT2D eigenvalue weighted by molar-refractivity contribution is 5.89. The fourth-order valence-electron chi connectivity index (χ4n) is 4.26. The monoisotopic (exact) mass is 400 g/mol. The molecular formula is C20H21FN4O4. The molecule has 0 N–H and O–H groups in total. The van der Waals surface area contributed by atoms with Crippen LogP contribution >= 0.6 is 0 Å². The van der Waals surface area contributed by atoms with E-state index in [1.165, 1.54) is 4.90 Å². The fourth-order valence-corrected chi connectivity index (χ4v) is 4.26. The molecule has 0 unspecified atom stereocenters. The van der Waals surface area contributed by atoms with Gasteiger partial charge in [0.2, 0.25) is 0 Å². The van der Waals surface area contributed by atoms with E-state index in [9.17, 15) is 14.0 Å². The molecule has 1 aromatic heterocycles. The van der Waals surface area contributed by atoms with E-state index in [0.29, 0.717) is 30.5 Å². The van der Waals surface area contributed by atoms with Crippen molar-refractivity contribution in [1.82, 2.24) is 9.55 Å². The molecular weight excluding hydrogens is 379 g/mol. The zero-order valence-electron chi connectivity index (χ0n) is 15.8. The molecule has 1 aromatic carbocycles. The van der Waals surface area contributed by atoms with Crippen molar-refractivity contribution in [3.05, 3.63) is 24.4 Å². The van der Waals surface area contributed by atoms with Crippen LogP contribution in [0.1, 0.15) is 12.8 Å². The van der Waals surface area contributed by atoms with Gasteiger partial charge in [-0.3, -0.25) is 4.90 Å². The van der Waals surface area contributed by atoms with Gasteiger partial charge in [0.25, 0.3) is 0 Å². The molecule has 0 saturated carbocycles. The summed E-state index contributed by atoms with van der Waals surface area (Å²) < 4.78 is 26.1. The summed E-state index contributed by atoms with van der Waals surface area (Å²) in [6.07, 6.45) is 3.99. The molecule has 5 rings (SSSR count). The predicted molar refractivity (Wildman–Crippen MR) is 103 cm³/mol. The van der Waals surface area contributed by atoms with E-state index >= 15 is 0 Å². The summed E-state index contributed by atoms with van der Waals surface area (Å²) in [6.45, 7) is 1.16. The average molecular weight is 400 g/mol. The summed E-state index contributed by atoms with van der Waals surface area (Å²) in [4.78, 5) is 31.4. The molecule has 29 heavy (non-hydrogen) atoms. The van der Waals surface area contributed by atoms with E-state index in [0.717, 1.165) is 36.9 Å². The lowest BCUT2D eigenvalue weighted by Gasteiger charge is -2.23. The smallest absolute Gasteiger partial charge is 0.416 e. The molecule has 0 spiro atoms. The summed E-state index contributed by atoms with van der Waals surface area (Å²) in [6, 6.07) is 5.06. The molecule has 2 aromatic rings. The first-order valence-electron chi connectivity index (χ1n) is 9.78. The zero-order chi connectivity index (χ0) is 20.0. The van der Waals surface area contributed by atoms with Crippen LogP contribution in [0.15, 0.2) is 24.4 Å². The number of anilines is 2. The summed E-state index contributed by atoms with van der Waals surface area (Å²) in [5, 5.41) is 0. The van der Waals surface area contributed by atoms with Gasteiger partial charge in [-0.05, 0) is 25.0 Å².